The van der Waals surface area contributed by atoms with Gasteiger partial charge in [-0.1, -0.05) is 41.9 Å². The van der Waals surface area contributed by atoms with Crippen molar-refractivity contribution in [1.29, 1.82) is 0 Å². The average Bonchev–Trinajstić information content (AvgIpc) is 2.31. The van der Waals surface area contributed by atoms with Gasteiger partial charge in [0.15, 0.2) is 0 Å². The lowest BCUT2D eigenvalue weighted by Crippen LogP contribution is -2.24. The fourth-order valence-electron chi connectivity index (χ4n) is 1.68. The highest BCUT2D eigenvalue weighted by atomic mass is 79.9. The van der Waals surface area contributed by atoms with E-state index in [0.717, 1.165) is 36.9 Å². The van der Waals surface area contributed by atoms with Gasteiger partial charge in [0, 0.05) is 23.7 Å². The Hall–Kier alpha value is -0.380. The summed E-state index contributed by atoms with van der Waals surface area (Å²) >= 11 is 3.43. The standard InChI is InChI=1S/C15H24BrNO/c1-12(2)7-9-18-10-8-15(17)11-13-3-5-14(16)6-4-13/h3-6,12,15H,7-11,17H2,1-2H3. The van der Waals surface area contributed by atoms with Crippen molar-refractivity contribution < 1.29 is 4.74 Å². The van der Waals surface area contributed by atoms with Crippen LogP contribution >= 0.6 is 15.9 Å². The Morgan fingerprint density at radius 3 is 2.33 bits per heavy atom. The van der Waals surface area contributed by atoms with Crippen LogP contribution in [0.1, 0.15) is 32.3 Å². The molecule has 0 spiro atoms. The van der Waals surface area contributed by atoms with E-state index >= 15 is 0 Å². The first-order valence-corrected chi connectivity index (χ1v) is 7.45. The molecule has 0 heterocycles. The molecule has 0 saturated carbocycles. The van der Waals surface area contributed by atoms with E-state index < -0.39 is 0 Å². The first-order valence-electron chi connectivity index (χ1n) is 6.65. The SMILES string of the molecule is CC(C)CCOCCC(N)Cc1ccc(Br)cc1. The third-order valence-corrected chi connectivity index (χ3v) is 3.41. The van der Waals surface area contributed by atoms with Gasteiger partial charge in [-0.25, -0.2) is 0 Å². The predicted molar refractivity (Wildman–Crippen MR) is 80.7 cm³/mol. The zero-order valence-corrected chi connectivity index (χ0v) is 12.9. The monoisotopic (exact) mass is 313 g/mol. The minimum atomic E-state index is 0.185. The zero-order valence-electron chi connectivity index (χ0n) is 11.4. The van der Waals surface area contributed by atoms with Crippen LogP contribution in [-0.2, 0) is 11.2 Å². The Bertz CT molecular complexity index is 324. The van der Waals surface area contributed by atoms with Gasteiger partial charge in [-0.2, -0.15) is 0 Å². The summed E-state index contributed by atoms with van der Waals surface area (Å²) in [6.07, 6.45) is 2.97. The van der Waals surface area contributed by atoms with Crippen LogP contribution in [0.4, 0.5) is 0 Å². The van der Waals surface area contributed by atoms with Gasteiger partial charge in [0.05, 0.1) is 0 Å². The molecule has 1 rings (SSSR count). The van der Waals surface area contributed by atoms with Crippen LogP contribution in [0.5, 0.6) is 0 Å². The second kappa shape index (κ2) is 8.68. The van der Waals surface area contributed by atoms with Crippen LogP contribution in [0.2, 0.25) is 0 Å². The molecule has 18 heavy (non-hydrogen) atoms. The van der Waals surface area contributed by atoms with Crippen molar-refractivity contribution in [2.24, 2.45) is 11.7 Å². The van der Waals surface area contributed by atoms with Gasteiger partial charge in [0.25, 0.3) is 0 Å². The lowest BCUT2D eigenvalue weighted by molar-refractivity contribution is 0.117. The van der Waals surface area contributed by atoms with Crippen LogP contribution in [0.25, 0.3) is 0 Å². The molecule has 0 bridgehead atoms. The van der Waals surface area contributed by atoms with Crippen LogP contribution in [0.3, 0.4) is 0 Å². The van der Waals surface area contributed by atoms with E-state index in [0.29, 0.717) is 5.92 Å². The molecule has 0 fully saturated rings. The second-order valence-electron chi connectivity index (χ2n) is 5.17. The Morgan fingerprint density at radius 2 is 1.72 bits per heavy atom. The minimum Gasteiger partial charge on any atom is -0.381 e. The van der Waals surface area contributed by atoms with Crippen LogP contribution in [0.15, 0.2) is 28.7 Å². The van der Waals surface area contributed by atoms with Crippen molar-refractivity contribution in [3.63, 3.8) is 0 Å². The molecular formula is C15H24BrNO. The van der Waals surface area contributed by atoms with Crippen molar-refractivity contribution in [2.45, 2.75) is 39.2 Å². The lowest BCUT2D eigenvalue weighted by Gasteiger charge is -2.12. The molecule has 0 aliphatic rings. The summed E-state index contributed by atoms with van der Waals surface area (Å²) in [4.78, 5) is 0. The van der Waals surface area contributed by atoms with Gasteiger partial charge < -0.3 is 10.5 Å². The molecule has 2 nitrogen and oxygen atoms in total. The van der Waals surface area contributed by atoms with E-state index in [-0.39, 0.29) is 6.04 Å². The highest BCUT2D eigenvalue weighted by Crippen LogP contribution is 2.12. The van der Waals surface area contributed by atoms with Crippen molar-refractivity contribution in [3.05, 3.63) is 34.3 Å². The topological polar surface area (TPSA) is 35.2 Å². The van der Waals surface area contributed by atoms with Crippen molar-refractivity contribution >= 4 is 15.9 Å². The first kappa shape index (κ1) is 15.7. The largest absolute Gasteiger partial charge is 0.381 e. The highest BCUT2D eigenvalue weighted by molar-refractivity contribution is 9.10. The summed E-state index contributed by atoms with van der Waals surface area (Å²) in [5.41, 5.74) is 7.38. The molecule has 0 aromatic heterocycles. The van der Waals surface area contributed by atoms with Crippen molar-refractivity contribution in [1.82, 2.24) is 0 Å². The first-order chi connectivity index (χ1) is 8.58. The van der Waals surface area contributed by atoms with Crippen LogP contribution in [0, 0.1) is 5.92 Å². The van der Waals surface area contributed by atoms with Gasteiger partial charge >= 0.3 is 0 Å². The number of halogens is 1. The number of nitrogens with two attached hydrogens (primary N) is 1. The molecular weight excluding hydrogens is 290 g/mol. The maximum Gasteiger partial charge on any atom is 0.0480 e. The van der Waals surface area contributed by atoms with Crippen molar-refractivity contribution in [2.75, 3.05) is 13.2 Å². The molecule has 0 amide bonds. The number of benzene rings is 1. The molecule has 0 aliphatic carbocycles. The second-order valence-corrected chi connectivity index (χ2v) is 6.09. The Labute approximate surface area is 119 Å². The lowest BCUT2D eigenvalue weighted by atomic mass is 10.0. The van der Waals surface area contributed by atoms with E-state index in [9.17, 15) is 0 Å². The fraction of sp³-hybridized carbons (Fsp3) is 0.600. The molecule has 2 N–H and O–H groups in total. The number of ether oxygens (including phenoxy) is 1. The Balaban J connectivity index is 2.13. The van der Waals surface area contributed by atoms with Gasteiger partial charge in [-0.05, 0) is 42.9 Å². The van der Waals surface area contributed by atoms with E-state index in [1.807, 2.05) is 0 Å². The van der Waals surface area contributed by atoms with E-state index in [1.54, 1.807) is 0 Å². The molecule has 1 aromatic rings. The Morgan fingerprint density at radius 1 is 1.11 bits per heavy atom. The maximum absolute atomic E-state index is 6.09. The average molecular weight is 314 g/mol. The minimum absolute atomic E-state index is 0.185. The molecule has 1 unspecified atom stereocenters. The van der Waals surface area contributed by atoms with E-state index in [4.69, 9.17) is 10.5 Å². The normalized spacial score (nSPS) is 12.9. The predicted octanol–water partition coefficient (Wildman–Crippen LogP) is 3.77. The number of hydrogen-bond acceptors (Lipinski definition) is 2. The molecule has 102 valence electrons. The third-order valence-electron chi connectivity index (χ3n) is 2.88. The van der Waals surface area contributed by atoms with Gasteiger partial charge in [0.2, 0.25) is 0 Å². The van der Waals surface area contributed by atoms with Gasteiger partial charge in [-0.3, -0.25) is 0 Å². The number of hydrogen-bond donors (Lipinski definition) is 1. The summed E-state index contributed by atoms with van der Waals surface area (Å²) in [5, 5.41) is 0. The molecule has 0 radical (unpaired) electrons. The highest BCUT2D eigenvalue weighted by Gasteiger charge is 2.04. The maximum atomic E-state index is 6.09. The summed E-state index contributed by atoms with van der Waals surface area (Å²) in [6.45, 7) is 6.04. The van der Waals surface area contributed by atoms with Gasteiger partial charge in [-0.15, -0.1) is 0 Å². The fourth-order valence-corrected chi connectivity index (χ4v) is 1.95. The molecule has 3 heteroatoms. The third kappa shape index (κ3) is 7.14. The van der Waals surface area contributed by atoms with Crippen molar-refractivity contribution in [3.8, 4) is 0 Å². The summed E-state index contributed by atoms with van der Waals surface area (Å²) in [5.74, 6) is 0.710. The molecule has 1 aromatic carbocycles. The number of rotatable bonds is 8. The zero-order chi connectivity index (χ0) is 13.4. The van der Waals surface area contributed by atoms with E-state index in [1.165, 1.54) is 5.56 Å². The smallest absolute Gasteiger partial charge is 0.0480 e. The Kier molecular flexibility index (Phi) is 7.56. The van der Waals surface area contributed by atoms with Crippen LogP contribution in [-0.4, -0.2) is 19.3 Å². The molecule has 0 aliphatic heterocycles. The van der Waals surface area contributed by atoms with E-state index in [2.05, 4.69) is 54.0 Å². The summed E-state index contributed by atoms with van der Waals surface area (Å²) in [6, 6.07) is 8.53. The summed E-state index contributed by atoms with van der Waals surface area (Å²) in [7, 11) is 0. The molecule has 0 saturated heterocycles. The van der Waals surface area contributed by atoms with Crippen LogP contribution < -0.4 is 5.73 Å². The quantitative estimate of drug-likeness (QED) is 0.741. The summed E-state index contributed by atoms with van der Waals surface area (Å²) < 4.78 is 6.69. The molecule has 1 atom stereocenters. The van der Waals surface area contributed by atoms with Gasteiger partial charge in [0.1, 0.15) is 0 Å².